The van der Waals surface area contributed by atoms with E-state index in [0.717, 1.165) is 33.4 Å². The highest BCUT2D eigenvalue weighted by Gasteiger charge is 2.19. The van der Waals surface area contributed by atoms with Gasteiger partial charge in [-0.3, -0.25) is 0 Å². The number of benzene rings is 11. The third kappa shape index (κ3) is 8.99. The Morgan fingerprint density at radius 1 is 0.329 bits per heavy atom. The third-order valence-corrected chi connectivity index (χ3v) is 13.3. The van der Waals surface area contributed by atoms with E-state index < -0.39 is 0 Å². The predicted molar refractivity (Wildman–Crippen MR) is 299 cm³/mol. The fourth-order valence-electron chi connectivity index (χ4n) is 9.71. The van der Waals surface area contributed by atoms with Gasteiger partial charge in [-0.05, 0) is 173 Å². The van der Waals surface area contributed by atoms with Crippen LogP contribution in [0.5, 0.6) is 0 Å². The van der Waals surface area contributed by atoms with Crippen LogP contribution in [0.25, 0.3) is 100.0 Å². The van der Waals surface area contributed by atoms with Gasteiger partial charge in [0, 0.05) is 5.56 Å². The molecule has 0 saturated carbocycles. The van der Waals surface area contributed by atoms with Crippen molar-refractivity contribution < 1.29 is 0 Å². The van der Waals surface area contributed by atoms with Crippen LogP contribution in [0.15, 0.2) is 249 Å². The van der Waals surface area contributed by atoms with Gasteiger partial charge in [-0.25, -0.2) is 0 Å². The maximum absolute atomic E-state index is 3.13. The highest BCUT2D eigenvalue weighted by molar-refractivity contribution is 6.21. The Hall–Kier alpha value is -9.20. The van der Waals surface area contributed by atoms with Crippen molar-refractivity contribution in [2.45, 2.75) is 13.8 Å². The summed E-state index contributed by atoms with van der Waals surface area (Å²) in [6.45, 7) is 3.94. The van der Waals surface area contributed by atoms with Crippen molar-refractivity contribution in [3.63, 3.8) is 0 Å². The van der Waals surface area contributed by atoms with Crippen LogP contribution >= 0.6 is 0 Å². The molecule has 0 fully saturated rings. The second-order valence-corrected chi connectivity index (χ2v) is 17.8. The summed E-state index contributed by atoms with van der Waals surface area (Å²) in [7, 11) is 0. The molecule has 11 rings (SSSR count). The highest BCUT2D eigenvalue weighted by atomic mass is 14.2. The molecule has 70 heavy (non-hydrogen) atoms. The summed E-state index contributed by atoms with van der Waals surface area (Å²) in [5.41, 5.74) is 21.2. The molecule has 328 valence electrons. The zero-order valence-electron chi connectivity index (χ0n) is 39.2. The van der Waals surface area contributed by atoms with E-state index in [0.29, 0.717) is 0 Å². The van der Waals surface area contributed by atoms with Crippen molar-refractivity contribution in [1.82, 2.24) is 0 Å². The van der Waals surface area contributed by atoms with Crippen molar-refractivity contribution >= 4 is 33.2 Å². The quantitative estimate of drug-likeness (QED) is 0.0770. The summed E-state index contributed by atoms with van der Waals surface area (Å²) in [6.07, 6.45) is 2.31. The molecule has 11 aromatic rings. The van der Waals surface area contributed by atoms with Gasteiger partial charge in [-0.15, -0.1) is 0 Å². The molecule has 0 aliphatic rings. The van der Waals surface area contributed by atoms with Crippen LogP contribution in [0.3, 0.4) is 0 Å². The van der Waals surface area contributed by atoms with E-state index in [9.17, 15) is 0 Å². The van der Waals surface area contributed by atoms with Crippen molar-refractivity contribution in [3.8, 4) is 90.4 Å². The molecule has 0 amide bonds. The molecule has 0 unspecified atom stereocenters. The first-order chi connectivity index (χ1) is 34.6. The molecule has 0 aliphatic heterocycles. The first-order valence-corrected chi connectivity index (χ1v) is 23.9. The van der Waals surface area contributed by atoms with Gasteiger partial charge in [-0.2, -0.15) is 0 Å². The Balaban J connectivity index is 1.03. The first kappa shape index (κ1) is 43.4. The first-order valence-electron chi connectivity index (χ1n) is 23.9. The van der Waals surface area contributed by atoms with Gasteiger partial charge >= 0.3 is 0 Å². The van der Waals surface area contributed by atoms with Gasteiger partial charge in [0.25, 0.3) is 0 Å². The van der Waals surface area contributed by atoms with E-state index in [4.69, 9.17) is 0 Å². The van der Waals surface area contributed by atoms with Crippen molar-refractivity contribution in [2.24, 2.45) is 0 Å². The Bertz CT molecular complexity index is 3720. The molecular formula is C70H48. The van der Waals surface area contributed by atoms with E-state index >= 15 is 0 Å². The topological polar surface area (TPSA) is 0 Å². The lowest BCUT2D eigenvalue weighted by Gasteiger charge is -2.19. The fourth-order valence-corrected chi connectivity index (χ4v) is 9.71. The molecular weight excluding hydrogens is 841 g/mol. The number of hydrogen-bond donors (Lipinski definition) is 0. The SMILES string of the molecule is CC#CC#Cc1ccc(-c2ccc(-c3cc(-c4ccc(-c5ccc(C)cc5)cc4)cc(-c4c5ccccc5c(-c5ccc(C=C(c6ccccc6)c6ccccc6)cc5)c5ccccc45)c3)cc2)cc1. The monoisotopic (exact) mass is 888 g/mol. The van der Waals surface area contributed by atoms with Crippen LogP contribution < -0.4 is 0 Å². The summed E-state index contributed by atoms with van der Waals surface area (Å²) in [5, 5.41) is 4.89. The molecule has 0 heteroatoms. The van der Waals surface area contributed by atoms with Gasteiger partial charge in [0.1, 0.15) is 0 Å². The largest absolute Gasteiger partial charge is 0.0925 e. The molecule has 11 aromatic carbocycles. The zero-order valence-corrected chi connectivity index (χ0v) is 39.2. The smallest absolute Gasteiger partial charge is 0.0255 e. The van der Waals surface area contributed by atoms with Gasteiger partial charge < -0.3 is 0 Å². The summed E-state index contributed by atoms with van der Waals surface area (Å²) >= 11 is 0. The molecule has 0 radical (unpaired) electrons. The Morgan fingerprint density at radius 2 is 0.686 bits per heavy atom. The lowest BCUT2D eigenvalue weighted by atomic mass is 9.84. The number of aryl methyl sites for hydroxylation is 1. The van der Waals surface area contributed by atoms with Crippen LogP contribution in [0.1, 0.15) is 34.7 Å². The minimum Gasteiger partial charge on any atom is -0.0925 e. The van der Waals surface area contributed by atoms with E-state index in [-0.39, 0.29) is 0 Å². The normalized spacial score (nSPS) is 10.8. The van der Waals surface area contributed by atoms with Crippen LogP contribution in [-0.2, 0) is 0 Å². The van der Waals surface area contributed by atoms with Crippen molar-refractivity contribution in [1.29, 1.82) is 0 Å². The summed E-state index contributed by atoms with van der Waals surface area (Å²) in [6, 6.07) is 90.6. The minimum absolute atomic E-state index is 0.954. The molecule has 0 heterocycles. The molecule has 0 aliphatic carbocycles. The predicted octanol–water partition coefficient (Wildman–Crippen LogP) is 18.3. The molecule has 0 nitrogen and oxygen atoms in total. The Labute approximate surface area is 411 Å². The van der Waals surface area contributed by atoms with Gasteiger partial charge in [0.2, 0.25) is 0 Å². The van der Waals surface area contributed by atoms with Gasteiger partial charge in [-0.1, -0.05) is 236 Å². The number of hydrogen-bond acceptors (Lipinski definition) is 0. The number of rotatable bonds is 9. The third-order valence-electron chi connectivity index (χ3n) is 13.3. The second-order valence-electron chi connectivity index (χ2n) is 17.8. The van der Waals surface area contributed by atoms with Crippen LogP contribution in [0.2, 0.25) is 0 Å². The molecule has 0 bridgehead atoms. The molecule has 0 spiro atoms. The Morgan fingerprint density at radius 3 is 1.13 bits per heavy atom. The summed E-state index contributed by atoms with van der Waals surface area (Å²) in [5.74, 6) is 11.7. The zero-order chi connectivity index (χ0) is 47.2. The van der Waals surface area contributed by atoms with Gasteiger partial charge in [0.15, 0.2) is 0 Å². The van der Waals surface area contributed by atoms with E-state index in [1.165, 1.54) is 88.3 Å². The lowest BCUT2D eigenvalue weighted by molar-refractivity contribution is 1.47. The van der Waals surface area contributed by atoms with E-state index in [2.05, 4.69) is 285 Å². The van der Waals surface area contributed by atoms with Crippen LogP contribution in [0.4, 0.5) is 0 Å². The van der Waals surface area contributed by atoms with Crippen molar-refractivity contribution in [3.05, 3.63) is 277 Å². The Kier molecular flexibility index (Phi) is 12.1. The fraction of sp³-hybridized carbons (Fsp3) is 0.0286. The molecule has 0 aromatic heterocycles. The average molecular weight is 889 g/mol. The summed E-state index contributed by atoms with van der Waals surface area (Å²) in [4.78, 5) is 0. The van der Waals surface area contributed by atoms with E-state index in [1.54, 1.807) is 6.92 Å². The van der Waals surface area contributed by atoms with Crippen LogP contribution in [-0.4, -0.2) is 0 Å². The van der Waals surface area contributed by atoms with Gasteiger partial charge in [0.05, 0.1) is 0 Å². The molecule has 0 atom stereocenters. The maximum Gasteiger partial charge on any atom is 0.0255 e. The minimum atomic E-state index is 0.954. The molecule has 0 saturated heterocycles. The molecule has 0 N–H and O–H groups in total. The standard InChI is InChI=1S/C70H48/c1-3-4-7-16-50-27-33-53(34-28-50)55-39-43-57(44-40-55)62-46-61(56-41-37-54(38-42-56)52-31-25-49(2)26-32-52)47-63(48-62)70-66-23-14-12-21-64(66)69(65-22-13-15-24-67(65)70)60-35-29-51(30-36-60)45-68(58-17-8-5-9-18-58)59-19-10-6-11-20-59/h5-6,8-15,17-48H,1-2H3. The highest BCUT2D eigenvalue weighted by Crippen LogP contribution is 2.46. The summed E-state index contributed by atoms with van der Waals surface area (Å²) < 4.78 is 0. The maximum atomic E-state index is 3.13. The van der Waals surface area contributed by atoms with E-state index in [1.807, 2.05) is 0 Å². The lowest BCUT2D eigenvalue weighted by Crippen LogP contribution is -1.93. The second kappa shape index (κ2) is 19.6. The average Bonchev–Trinajstić information content (AvgIpc) is 3.43. The number of fused-ring (bicyclic) bond motifs is 2. The van der Waals surface area contributed by atoms with Crippen LogP contribution in [0, 0.1) is 30.6 Å². The van der Waals surface area contributed by atoms with Crippen molar-refractivity contribution in [2.75, 3.05) is 0 Å².